The van der Waals surface area contributed by atoms with E-state index in [0.717, 1.165) is 0 Å². The van der Waals surface area contributed by atoms with Gasteiger partial charge < -0.3 is 4.90 Å². The molecular weight excluding hydrogens is 313 g/mol. The molecule has 2 rings (SSSR count). The summed E-state index contributed by atoms with van der Waals surface area (Å²) in [6.45, 7) is 2.01. The Hall–Kier alpha value is -1.60. The number of nitrogens with one attached hydrogen (secondary N) is 1. The zero-order chi connectivity index (χ0) is 17.2. The summed E-state index contributed by atoms with van der Waals surface area (Å²) in [5.41, 5.74) is 0. The smallest absolute Gasteiger partial charge is 0.330 e. The summed E-state index contributed by atoms with van der Waals surface area (Å²) < 4.78 is 37.9. The maximum absolute atomic E-state index is 12.6. The number of imide groups is 1. The van der Waals surface area contributed by atoms with Crippen molar-refractivity contribution in [3.8, 4) is 0 Å². The van der Waals surface area contributed by atoms with E-state index in [2.05, 4.69) is 5.32 Å². The van der Waals surface area contributed by atoms with Gasteiger partial charge in [-0.05, 0) is 38.5 Å². The molecule has 0 aromatic rings. The Labute approximate surface area is 132 Å². The largest absolute Gasteiger partial charge is 0.391 e. The Kier molecular flexibility index (Phi) is 5.31. The van der Waals surface area contributed by atoms with Gasteiger partial charge in [-0.1, -0.05) is 0 Å². The van der Waals surface area contributed by atoms with E-state index in [-0.39, 0.29) is 37.5 Å². The van der Waals surface area contributed by atoms with Crippen LogP contribution in [-0.2, 0) is 14.4 Å². The molecule has 0 unspecified atom stereocenters. The molecule has 2 fully saturated rings. The maximum Gasteiger partial charge on any atom is 0.391 e. The van der Waals surface area contributed by atoms with Gasteiger partial charge in [-0.25, -0.2) is 0 Å². The molecule has 0 spiro atoms. The fraction of sp³-hybridized carbons (Fsp3) is 0.800. The van der Waals surface area contributed by atoms with Gasteiger partial charge >= 0.3 is 6.18 Å². The van der Waals surface area contributed by atoms with Gasteiger partial charge in [0.05, 0.1) is 12.3 Å². The molecule has 1 atom stereocenters. The lowest BCUT2D eigenvalue weighted by Crippen LogP contribution is -2.45. The Morgan fingerprint density at radius 1 is 1.22 bits per heavy atom. The Balaban J connectivity index is 1.89. The summed E-state index contributed by atoms with van der Waals surface area (Å²) in [5.74, 6) is -2.51. The number of amides is 3. The first-order chi connectivity index (χ1) is 10.7. The maximum atomic E-state index is 12.6. The predicted molar refractivity (Wildman–Crippen MR) is 75.1 cm³/mol. The second-order valence-corrected chi connectivity index (χ2v) is 6.28. The van der Waals surface area contributed by atoms with Crippen molar-refractivity contribution >= 4 is 17.7 Å². The van der Waals surface area contributed by atoms with Crippen LogP contribution in [-0.4, -0.2) is 41.4 Å². The van der Waals surface area contributed by atoms with Crippen molar-refractivity contribution in [2.75, 3.05) is 6.54 Å². The molecule has 23 heavy (non-hydrogen) atoms. The molecular formula is C15H21F3N2O3. The number of rotatable bonds is 4. The van der Waals surface area contributed by atoms with E-state index in [1.54, 1.807) is 6.92 Å². The van der Waals surface area contributed by atoms with Crippen LogP contribution in [0.25, 0.3) is 0 Å². The highest BCUT2D eigenvalue weighted by Gasteiger charge is 2.42. The summed E-state index contributed by atoms with van der Waals surface area (Å²) in [5, 5.41) is 2.17. The van der Waals surface area contributed by atoms with E-state index < -0.39 is 30.0 Å². The van der Waals surface area contributed by atoms with Crippen molar-refractivity contribution in [3.63, 3.8) is 0 Å². The van der Waals surface area contributed by atoms with Crippen LogP contribution in [0.4, 0.5) is 13.2 Å². The Morgan fingerprint density at radius 2 is 1.83 bits per heavy atom. The van der Waals surface area contributed by atoms with Crippen LogP contribution in [0.15, 0.2) is 0 Å². The van der Waals surface area contributed by atoms with E-state index in [0.29, 0.717) is 19.4 Å². The highest BCUT2D eigenvalue weighted by Crippen LogP contribution is 2.40. The molecule has 1 N–H and O–H groups in total. The van der Waals surface area contributed by atoms with Crippen molar-refractivity contribution < 1.29 is 27.6 Å². The number of carbonyl (C=O) groups is 3. The third-order valence-electron chi connectivity index (χ3n) is 4.75. The SMILES string of the molecule is CCN(C(=O)CC1CCC(C(F)(F)F)CC1)[C@@H]1CC(=O)NC1=O. The number of nitrogens with zero attached hydrogens (tertiary/aromatic N) is 1. The molecule has 0 bridgehead atoms. The molecule has 1 heterocycles. The van der Waals surface area contributed by atoms with Crippen LogP contribution in [0.2, 0.25) is 0 Å². The molecule has 1 aliphatic carbocycles. The average molecular weight is 334 g/mol. The second-order valence-electron chi connectivity index (χ2n) is 6.28. The Morgan fingerprint density at radius 3 is 2.26 bits per heavy atom. The topological polar surface area (TPSA) is 66.5 Å². The predicted octanol–water partition coefficient (Wildman–Crippen LogP) is 2.01. The van der Waals surface area contributed by atoms with Gasteiger partial charge in [0.2, 0.25) is 17.7 Å². The van der Waals surface area contributed by atoms with Gasteiger partial charge in [0.15, 0.2) is 0 Å². The molecule has 8 heteroatoms. The summed E-state index contributed by atoms with van der Waals surface area (Å²) >= 11 is 0. The molecule has 0 aromatic heterocycles. The monoisotopic (exact) mass is 334 g/mol. The lowest BCUT2D eigenvalue weighted by Gasteiger charge is -2.32. The highest BCUT2D eigenvalue weighted by molar-refractivity contribution is 6.06. The summed E-state index contributed by atoms with van der Waals surface area (Å²) in [4.78, 5) is 36.7. The van der Waals surface area contributed by atoms with Crippen molar-refractivity contribution in [2.24, 2.45) is 11.8 Å². The molecule has 2 aliphatic rings. The molecule has 1 saturated heterocycles. The van der Waals surface area contributed by atoms with Crippen LogP contribution in [0.3, 0.4) is 0 Å². The fourth-order valence-electron chi connectivity index (χ4n) is 3.42. The Bertz CT molecular complexity index is 485. The lowest BCUT2D eigenvalue weighted by atomic mass is 9.80. The molecule has 1 aliphatic heterocycles. The fourth-order valence-corrected chi connectivity index (χ4v) is 3.42. The quantitative estimate of drug-likeness (QED) is 0.800. The first-order valence-electron chi connectivity index (χ1n) is 7.92. The van der Waals surface area contributed by atoms with Gasteiger partial charge in [0.1, 0.15) is 6.04 Å². The molecule has 130 valence electrons. The molecule has 0 aromatic carbocycles. The van der Waals surface area contributed by atoms with Crippen molar-refractivity contribution in [1.82, 2.24) is 10.2 Å². The van der Waals surface area contributed by atoms with Crippen LogP contribution < -0.4 is 5.32 Å². The van der Waals surface area contributed by atoms with E-state index in [1.807, 2.05) is 0 Å². The minimum absolute atomic E-state index is 0.0424. The van der Waals surface area contributed by atoms with E-state index in [4.69, 9.17) is 0 Å². The van der Waals surface area contributed by atoms with Gasteiger partial charge in [-0.3, -0.25) is 19.7 Å². The van der Waals surface area contributed by atoms with Crippen molar-refractivity contribution in [3.05, 3.63) is 0 Å². The number of halogens is 3. The minimum Gasteiger partial charge on any atom is -0.330 e. The third kappa shape index (κ3) is 4.23. The van der Waals surface area contributed by atoms with Gasteiger partial charge in [0.25, 0.3) is 0 Å². The molecule has 1 saturated carbocycles. The minimum atomic E-state index is -4.16. The van der Waals surface area contributed by atoms with Crippen LogP contribution >= 0.6 is 0 Å². The van der Waals surface area contributed by atoms with Crippen LogP contribution in [0.5, 0.6) is 0 Å². The zero-order valence-corrected chi connectivity index (χ0v) is 13.0. The standard InChI is InChI=1S/C15H21F3N2O3/c1-2-20(11-8-12(21)19-14(11)23)13(22)7-9-3-5-10(6-4-9)15(16,17)18/h9-11H,2-8H2,1H3,(H,19,21,23)/t9?,10?,11-/m1/s1. The summed E-state index contributed by atoms with van der Waals surface area (Å²) in [7, 11) is 0. The van der Waals surface area contributed by atoms with Crippen LogP contribution in [0.1, 0.15) is 45.4 Å². The van der Waals surface area contributed by atoms with E-state index in [1.165, 1.54) is 4.90 Å². The molecule has 0 radical (unpaired) electrons. The average Bonchev–Trinajstić information content (AvgIpc) is 2.78. The van der Waals surface area contributed by atoms with E-state index in [9.17, 15) is 27.6 Å². The lowest BCUT2D eigenvalue weighted by molar-refractivity contribution is -0.184. The molecule has 5 nitrogen and oxygen atoms in total. The van der Waals surface area contributed by atoms with Crippen molar-refractivity contribution in [2.45, 2.75) is 57.7 Å². The highest BCUT2D eigenvalue weighted by atomic mass is 19.4. The normalized spacial score (nSPS) is 28.6. The van der Waals surface area contributed by atoms with E-state index >= 15 is 0 Å². The summed E-state index contributed by atoms with van der Waals surface area (Å²) in [6.07, 6.45) is -3.24. The number of likely N-dealkylation sites (N-methyl/N-ethyl adjacent to an activating group) is 1. The van der Waals surface area contributed by atoms with Gasteiger partial charge in [0, 0.05) is 13.0 Å². The summed E-state index contributed by atoms with van der Waals surface area (Å²) in [6, 6.07) is -0.786. The van der Waals surface area contributed by atoms with Gasteiger partial charge in [-0.2, -0.15) is 13.2 Å². The zero-order valence-electron chi connectivity index (χ0n) is 13.0. The van der Waals surface area contributed by atoms with Gasteiger partial charge in [-0.15, -0.1) is 0 Å². The number of alkyl halides is 3. The number of hydrogen-bond donors (Lipinski definition) is 1. The first kappa shape index (κ1) is 17.7. The number of carbonyl (C=O) groups excluding carboxylic acids is 3. The third-order valence-corrected chi connectivity index (χ3v) is 4.75. The molecule has 3 amide bonds. The van der Waals surface area contributed by atoms with Crippen LogP contribution in [0, 0.1) is 11.8 Å². The number of hydrogen-bond acceptors (Lipinski definition) is 3. The first-order valence-corrected chi connectivity index (χ1v) is 7.92. The second kappa shape index (κ2) is 6.88. The van der Waals surface area contributed by atoms with Crippen molar-refractivity contribution in [1.29, 1.82) is 0 Å².